The molecule has 1 saturated carbocycles. The van der Waals surface area contributed by atoms with Gasteiger partial charge < -0.3 is 25.7 Å². The summed E-state index contributed by atoms with van der Waals surface area (Å²) >= 11 is 7.06. The van der Waals surface area contributed by atoms with Gasteiger partial charge in [0.15, 0.2) is 5.01 Å². The van der Waals surface area contributed by atoms with Crippen LogP contribution < -0.4 is 20.7 Å². The van der Waals surface area contributed by atoms with E-state index in [-0.39, 0.29) is 28.4 Å². The van der Waals surface area contributed by atoms with E-state index in [4.69, 9.17) is 16.3 Å². The van der Waals surface area contributed by atoms with E-state index in [1.54, 1.807) is 18.6 Å². The third-order valence-corrected chi connectivity index (χ3v) is 9.19. The fraction of sp³-hybridized carbons (Fsp3) is 0.483. The highest BCUT2D eigenvalue weighted by Crippen LogP contribution is 2.29. The standard InChI is InChI=1S/C29H34ClN5O5S/c1-40-23-9-5-8-19-18(23)14-22(32-19)28(39)34-21(12-16-6-3-2-4-7-16)27(38)33-20(13-17-10-11-31-26(17)37)25(36)29-35-24(30)15-41-29/h5,8-9,14-17,20-21,32H,2-4,6-7,10-13H2,1H3,(H,31,37)(H,33,38)(H,34,39)/t17-,20+,21+/m1/s1. The number of H-pyrrole nitrogens is 1. The van der Waals surface area contributed by atoms with Crippen LogP contribution in [-0.4, -0.2) is 59.2 Å². The maximum absolute atomic E-state index is 13.8. The number of ether oxygens (including phenoxy) is 1. The molecular formula is C29H34ClN5O5S. The average molecular weight is 600 g/mol. The predicted octanol–water partition coefficient (Wildman–Crippen LogP) is 4.25. The van der Waals surface area contributed by atoms with Crippen molar-refractivity contribution in [2.24, 2.45) is 11.8 Å². The van der Waals surface area contributed by atoms with Crippen LogP contribution in [0.5, 0.6) is 5.75 Å². The predicted molar refractivity (Wildman–Crippen MR) is 156 cm³/mol. The smallest absolute Gasteiger partial charge is 0.268 e. The van der Waals surface area contributed by atoms with Crippen molar-refractivity contribution < 1.29 is 23.9 Å². The Morgan fingerprint density at radius 2 is 1.93 bits per heavy atom. The topological polar surface area (TPSA) is 142 Å². The second-order valence-electron chi connectivity index (χ2n) is 10.8. The molecule has 3 heterocycles. The quantitative estimate of drug-likeness (QED) is 0.243. The Labute approximate surface area is 247 Å². The number of Topliss-reactive ketones (excluding diaryl/α,β-unsaturated/α-hetero) is 1. The fourth-order valence-corrected chi connectivity index (χ4v) is 6.77. The highest BCUT2D eigenvalue weighted by atomic mass is 35.5. The Balaban J connectivity index is 1.37. The van der Waals surface area contributed by atoms with Crippen LogP contribution in [0, 0.1) is 11.8 Å². The zero-order valence-electron chi connectivity index (χ0n) is 22.8. The van der Waals surface area contributed by atoms with Crippen LogP contribution >= 0.6 is 22.9 Å². The number of carbonyl (C=O) groups excluding carboxylic acids is 4. The summed E-state index contributed by atoms with van der Waals surface area (Å²) in [6.45, 7) is 0.525. The van der Waals surface area contributed by atoms with Gasteiger partial charge in [0, 0.05) is 28.7 Å². The van der Waals surface area contributed by atoms with E-state index < -0.39 is 35.6 Å². The van der Waals surface area contributed by atoms with Gasteiger partial charge in [0.2, 0.25) is 17.6 Å². The average Bonchev–Trinajstić information content (AvgIpc) is 3.72. The molecule has 218 valence electrons. The van der Waals surface area contributed by atoms with Gasteiger partial charge in [-0.3, -0.25) is 19.2 Å². The number of carbonyl (C=O) groups is 4. The lowest BCUT2D eigenvalue weighted by molar-refractivity contribution is -0.125. The molecular weight excluding hydrogens is 566 g/mol. The number of nitrogens with one attached hydrogen (secondary N) is 4. The number of benzene rings is 1. The van der Waals surface area contributed by atoms with Gasteiger partial charge in [-0.15, -0.1) is 11.3 Å². The van der Waals surface area contributed by atoms with Crippen LogP contribution in [-0.2, 0) is 9.59 Å². The van der Waals surface area contributed by atoms with Crippen molar-refractivity contribution in [3.63, 3.8) is 0 Å². The van der Waals surface area contributed by atoms with Crippen molar-refractivity contribution in [2.45, 2.75) is 63.5 Å². The fourth-order valence-electron chi connectivity index (χ4n) is 5.83. The van der Waals surface area contributed by atoms with Crippen LogP contribution in [0.3, 0.4) is 0 Å². The molecule has 5 rings (SSSR count). The number of aromatic nitrogens is 2. The molecule has 2 aliphatic rings. The van der Waals surface area contributed by atoms with Gasteiger partial charge in [-0.25, -0.2) is 4.98 Å². The number of hydrogen-bond acceptors (Lipinski definition) is 7. The number of halogens is 1. The maximum atomic E-state index is 13.8. The van der Waals surface area contributed by atoms with E-state index in [1.165, 1.54) is 0 Å². The number of methoxy groups -OCH3 is 1. The van der Waals surface area contributed by atoms with Crippen LogP contribution in [0.4, 0.5) is 0 Å². The minimum Gasteiger partial charge on any atom is -0.496 e. The van der Waals surface area contributed by atoms with Gasteiger partial charge in [0.05, 0.1) is 13.2 Å². The molecule has 1 saturated heterocycles. The molecule has 0 spiro atoms. The summed E-state index contributed by atoms with van der Waals surface area (Å²) in [5.74, 6) is -0.937. The third-order valence-electron chi connectivity index (χ3n) is 8.01. The molecule has 4 N–H and O–H groups in total. The molecule has 12 heteroatoms. The largest absolute Gasteiger partial charge is 0.496 e. The second-order valence-corrected chi connectivity index (χ2v) is 12.0. The van der Waals surface area contributed by atoms with Gasteiger partial charge in [-0.05, 0) is 43.4 Å². The van der Waals surface area contributed by atoms with E-state index in [2.05, 4.69) is 25.9 Å². The summed E-state index contributed by atoms with van der Waals surface area (Å²) in [6, 6.07) is 5.34. The Bertz CT molecular complexity index is 1430. The molecule has 41 heavy (non-hydrogen) atoms. The van der Waals surface area contributed by atoms with Gasteiger partial charge in [-0.2, -0.15) is 0 Å². The zero-order valence-corrected chi connectivity index (χ0v) is 24.4. The molecule has 3 aromatic rings. The summed E-state index contributed by atoms with van der Waals surface area (Å²) in [6.07, 6.45) is 6.44. The van der Waals surface area contributed by atoms with Crippen molar-refractivity contribution in [3.05, 3.63) is 45.5 Å². The molecule has 0 unspecified atom stereocenters. The van der Waals surface area contributed by atoms with E-state index in [0.29, 0.717) is 30.8 Å². The molecule has 1 aromatic carbocycles. The zero-order chi connectivity index (χ0) is 28.9. The van der Waals surface area contributed by atoms with Gasteiger partial charge in [-0.1, -0.05) is 49.8 Å². The SMILES string of the molecule is COc1cccc2[nH]c(C(=O)N[C@@H](CC3CCCCC3)C(=O)N[C@@H](C[C@H]3CCNC3=O)C(=O)c3nc(Cl)cs3)cc12. The maximum Gasteiger partial charge on any atom is 0.268 e. The van der Waals surface area contributed by atoms with Crippen LogP contribution in [0.1, 0.15) is 71.7 Å². The van der Waals surface area contributed by atoms with E-state index in [1.807, 2.05) is 18.2 Å². The number of amides is 3. The minimum absolute atomic E-state index is 0.138. The molecule has 1 aliphatic heterocycles. The highest BCUT2D eigenvalue weighted by molar-refractivity contribution is 7.12. The van der Waals surface area contributed by atoms with Crippen molar-refractivity contribution in [2.75, 3.05) is 13.7 Å². The molecule has 1 aliphatic carbocycles. The Morgan fingerprint density at radius 1 is 1.12 bits per heavy atom. The van der Waals surface area contributed by atoms with E-state index >= 15 is 0 Å². The molecule has 2 fully saturated rings. The number of rotatable bonds is 11. The van der Waals surface area contributed by atoms with Crippen LogP contribution in [0.2, 0.25) is 5.15 Å². The second kappa shape index (κ2) is 13.0. The normalized spacial score (nSPS) is 19.0. The summed E-state index contributed by atoms with van der Waals surface area (Å²) in [4.78, 5) is 60.2. The number of nitrogens with zero attached hydrogens (tertiary/aromatic N) is 1. The van der Waals surface area contributed by atoms with Crippen molar-refractivity contribution >= 4 is 57.3 Å². The van der Waals surface area contributed by atoms with E-state index in [9.17, 15) is 19.2 Å². The Morgan fingerprint density at radius 3 is 2.61 bits per heavy atom. The lowest BCUT2D eigenvalue weighted by Crippen LogP contribution is -2.53. The molecule has 3 atom stereocenters. The first-order chi connectivity index (χ1) is 19.8. The summed E-state index contributed by atoms with van der Waals surface area (Å²) in [7, 11) is 1.57. The van der Waals surface area contributed by atoms with Gasteiger partial charge in [0.25, 0.3) is 5.91 Å². The number of aromatic amines is 1. The van der Waals surface area contributed by atoms with Gasteiger partial charge in [0.1, 0.15) is 22.6 Å². The highest BCUT2D eigenvalue weighted by Gasteiger charge is 2.35. The van der Waals surface area contributed by atoms with Crippen molar-refractivity contribution in [1.82, 2.24) is 25.9 Å². The Kier molecular flexibility index (Phi) is 9.24. The summed E-state index contributed by atoms with van der Waals surface area (Å²) in [5.41, 5.74) is 1.05. The van der Waals surface area contributed by atoms with Gasteiger partial charge >= 0.3 is 0 Å². The van der Waals surface area contributed by atoms with Crippen molar-refractivity contribution in [3.8, 4) is 5.75 Å². The lowest BCUT2D eigenvalue weighted by Gasteiger charge is -2.28. The van der Waals surface area contributed by atoms with E-state index in [0.717, 1.165) is 54.3 Å². The summed E-state index contributed by atoms with van der Waals surface area (Å²) < 4.78 is 5.42. The monoisotopic (exact) mass is 599 g/mol. The van der Waals surface area contributed by atoms with Crippen LogP contribution in [0.15, 0.2) is 29.6 Å². The number of thiazole rings is 1. The third kappa shape index (κ3) is 6.90. The number of hydrogen-bond donors (Lipinski definition) is 4. The number of ketones is 1. The molecule has 10 nitrogen and oxygen atoms in total. The first-order valence-corrected chi connectivity index (χ1v) is 15.3. The molecule has 0 bridgehead atoms. The van der Waals surface area contributed by atoms with Crippen LogP contribution in [0.25, 0.3) is 10.9 Å². The minimum atomic E-state index is -0.985. The molecule has 0 radical (unpaired) electrons. The number of fused-ring (bicyclic) bond motifs is 1. The first kappa shape index (κ1) is 29.1. The summed E-state index contributed by atoms with van der Waals surface area (Å²) in [5, 5.41) is 11.3. The van der Waals surface area contributed by atoms with Crippen molar-refractivity contribution in [1.29, 1.82) is 0 Å². The molecule has 3 amide bonds. The molecule has 2 aromatic heterocycles. The first-order valence-electron chi connectivity index (χ1n) is 14.0. The Hall–Kier alpha value is -3.44. The lowest BCUT2D eigenvalue weighted by atomic mass is 9.84.